The van der Waals surface area contributed by atoms with Crippen LogP contribution in [-0.4, -0.2) is 50.4 Å². The molecule has 0 amide bonds. The highest BCUT2D eigenvalue weighted by molar-refractivity contribution is 5.90. The predicted octanol–water partition coefficient (Wildman–Crippen LogP) is 5.75. The van der Waals surface area contributed by atoms with E-state index in [1.165, 1.54) is 36.6 Å². The molecule has 6 nitrogen and oxygen atoms in total. The highest BCUT2D eigenvalue weighted by Gasteiger charge is 2.29. The summed E-state index contributed by atoms with van der Waals surface area (Å²) >= 11 is 0. The number of nitrogens with zero attached hydrogens (tertiary/aromatic N) is 4. The summed E-state index contributed by atoms with van der Waals surface area (Å²) in [5.74, 6) is 4.94. The molecule has 1 aliphatic carbocycles. The van der Waals surface area contributed by atoms with Crippen LogP contribution >= 0.6 is 0 Å². The molecule has 1 aromatic heterocycles. The first kappa shape index (κ1) is 22.8. The Labute approximate surface area is 202 Å². The van der Waals surface area contributed by atoms with Gasteiger partial charge in [-0.25, -0.2) is 9.97 Å². The monoisotopic (exact) mass is 460 g/mol. The van der Waals surface area contributed by atoms with E-state index in [-0.39, 0.29) is 0 Å². The lowest BCUT2D eigenvalue weighted by Gasteiger charge is -2.37. The summed E-state index contributed by atoms with van der Waals surface area (Å²) in [4.78, 5) is 14.9. The number of benzene rings is 2. The molecule has 3 aromatic rings. The van der Waals surface area contributed by atoms with Crippen LogP contribution in [-0.2, 0) is 0 Å². The molecular formula is C28H36N4O2. The molecule has 2 aromatic carbocycles. The van der Waals surface area contributed by atoms with Gasteiger partial charge in [-0.1, -0.05) is 26.3 Å². The van der Waals surface area contributed by atoms with Gasteiger partial charge < -0.3 is 19.3 Å². The third kappa shape index (κ3) is 4.50. The summed E-state index contributed by atoms with van der Waals surface area (Å²) in [7, 11) is 3.43. The van der Waals surface area contributed by atoms with E-state index in [0.29, 0.717) is 11.8 Å². The van der Waals surface area contributed by atoms with Crippen molar-refractivity contribution < 1.29 is 9.47 Å². The molecule has 2 aliphatic rings. The first-order valence-corrected chi connectivity index (χ1v) is 12.6. The van der Waals surface area contributed by atoms with Crippen LogP contribution in [0.25, 0.3) is 10.9 Å². The van der Waals surface area contributed by atoms with Gasteiger partial charge in [0.25, 0.3) is 0 Å². The number of aromatic nitrogens is 2. The Morgan fingerprint density at radius 2 is 1.71 bits per heavy atom. The van der Waals surface area contributed by atoms with Crippen molar-refractivity contribution in [2.24, 2.45) is 0 Å². The van der Waals surface area contributed by atoms with Crippen LogP contribution in [0.2, 0.25) is 0 Å². The molecule has 2 fully saturated rings. The number of piperazine rings is 1. The van der Waals surface area contributed by atoms with E-state index < -0.39 is 0 Å². The smallest absolute Gasteiger partial charge is 0.142 e. The fourth-order valence-corrected chi connectivity index (χ4v) is 5.02. The van der Waals surface area contributed by atoms with Gasteiger partial charge in [-0.05, 0) is 55.0 Å². The fraction of sp³-hybridized carbons (Fsp3) is 0.500. The van der Waals surface area contributed by atoms with Crippen molar-refractivity contribution in [2.45, 2.75) is 51.4 Å². The van der Waals surface area contributed by atoms with Gasteiger partial charge in [0.15, 0.2) is 0 Å². The molecule has 1 saturated heterocycles. The van der Waals surface area contributed by atoms with Gasteiger partial charge in [0.05, 0.1) is 25.4 Å². The average Bonchev–Trinajstić information content (AvgIpc) is 3.73. The number of anilines is 2. The Morgan fingerprint density at radius 3 is 2.38 bits per heavy atom. The summed E-state index contributed by atoms with van der Waals surface area (Å²) < 4.78 is 11.1. The number of fused-ring (bicyclic) bond motifs is 1. The normalized spacial score (nSPS) is 17.2. The topological polar surface area (TPSA) is 50.7 Å². The Morgan fingerprint density at radius 1 is 0.941 bits per heavy atom. The van der Waals surface area contributed by atoms with E-state index in [1.807, 2.05) is 12.1 Å². The van der Waals surface area contributed by atoms with Crippen LogP contribution < -0.4 is 19.3 Å². The minimum absolute atomic E-state index is 0.532. The number of hydrogen-bond acceptors (Lipinski definition) is 6. The lowest BCUT2D eigenvalue weighted by molar-refractivity contribution is 0.402. The van der Waals surface area contributed by atoms with Gasteiger partial charge in [-0.15, -0.1) is 0 Å². The molecule has 2 heterocycles. The maximum Gasteiger partial charge on any atom is 0.142 e. The standard InChI is InChI=1S/C28H36N4O2/c1-5-6-19(2)21-9-11-24-23(17-21)28(30-27(29-24)20-7-8-20)32-15-13-31(14-16-32)25-18-22(33-3)10-12-26(25)34-4/h9-12,17-20H,5-8,13-16H2,1-4H3. The van der Waals surface area contributed by atoms with E-state index >= 15 is 0 Å². The first-order chi connectivity index (χ1) is 16.6. The number of ether oxygens (including phenoxy) is 2. The number of methoxy groups -OCH3 is 2. The molecule has 1 unspecified atom stereocenters. The molecule has 5 rings (SSSR count). The zero-order valence-corrected chi connectivity index (χ0v) is 20.9. The molecule has 0 spiro atoms. The van der Waals surface area contributed by atoms with Crippen LogP contribution in [0.5, 0.6) is 11.5 Å². The summed E-state index contributed by atoms with van der Waals surface area (Å²) in [5.41, 5.74) is 3.55. The van der Waals surface area contributed by atoms with E-state index in [0.717, 1.165) is 60.5 Å². The van der Waals surface area contributed by atoms with E-state index in [1.54, 1.807) is 14.2 Å². The van der Waals surface area contributed by atoms with Crippen LogP contribution in [0.4, 0.5) is 11.5 Å². The molecule has 0 N–H and O–H groups in total. The molecule has 1 saturated carbocycles. The number of hydrogen-bond donors (Lipinski definition) is 0. The van der Waals surface area contributed by atoms with E-state index in [2.05, 4.69) is 47.9 Å². The molecular weight excluding hydrogens is 424 g/mol. The van der Waals surface area contributed by atoms with Crippen molar-refractivity contribution in [3.05, 3.63) is 47.8 Å². The SMILES string of the molecule is CCCC(C)c1ccc2nc(C3CC3)nc(N3CCN(c4cc(OC)ccc4OC)CC3)c2c1. The third-order valence-corrected chi connectivity index (χ3v) is 7.26. The van der Waals surface area contributed by atoms with Crippen LogP contribution in [0.3, 0.4) is 0 Å². The Hall–Kier alpha value is -3.02. The number of rotatable bonds is 8. The highest BCUT2D eigenvalue weighted by atomic mass is 16.5. The molecule has 0 bridgehead atoms. The summed E-state index contributed by atoms with van der Waals surface area (Å²) in [6, 6.07) is 12.8. The molecule has 0 radical (unpaired) electrons. The van der Waals surface area contributed by atoms with Gasteiger partial charge in [0.1, 0.15) is 23.1 Å². The van der Waals surface area contributed by atoms with Gasteiger partial charge >= 0.3 is 0 Å². The summed E-state index contributed by atoms with van der Waals surface area (Å²) in [6.07, 6.45) is 4.81. The Kier molecular flexibility index (Phi) is 6.48. The third-order valence-electron chi connectivity index (χ3n) is 7.26. The lowest BCUT2D eigenvalue weighted by Crippen LogP contribution is -2.47. The van der Waals surface area contributed by atoms with Crippen LogP contribution in [0.15, 0.2) is 36.4 Å². The van der Waals surface area contributed by atoms with Gasteiger partial charge in [0, 0.05) is 43.5 Å². The second-order valence-electron chi connectivity index (χ2n) is 9.66. The maximum atomic E-state index is 5.64. The second kappa shape index (κ2) is 9.69. The van der Waals surface area contributed by atoms with Gasteiger partial charge in [-0.3, -0.25) is 0 Å². The zero-order valence-electron chi connectivity index (χ0n) is 20.9. The molecule has 34 heavy (non-hydrogen) atoms. The van der Waals surface area contributed by atoms with E-state index in [4.69, 9.17) is 19.4 Å². The largest absolute Gasteiger partial charge is 0.497 e. The van der Waals surface area contributed by atoms with Crippen molar-refractivity contribution in [1.29, 1.82) is 0 Å². The van der Waals surface area contributed by atoms with Crippen molar-refractivity contribution >= 4 is 22.4 Å². The molecule has 1 atom stereocenters. The van der Waals surface area contributed by atoms with Crippen molar-refractivity contribution in [1.82, 2.24) is 9.97 Å². The average molecular weight is 461 g/mol. The maximum absolute atomic E-state index is 5.64. The second-order valence-corrected chi connectivity index (χ2v) is 9.66. The molecule has 180 valence electrons. The minimum atomic E-state index is 0.532. The highest BCUT2D eigenvalue weighted by Crippen LogP contribution is 2.41. The fourth-order valence-electron chi connectivity index (χ4n) is 5.02. The Balaban J connectivity index is 1.44. The Bertz CT molecular complexity index is 1150. The predicted molar refractivity (Wildman–Crippen MR) is 139 cm³/mol. The van der Waals surface area contributed by atoms with Crippen molar-refractivity contribution in [2.75, 3.05) is 50.2 Å². The van der Waals surface area contributed by atoms with Crippen molar-refractivity contribution in [3.8, 4) is 11.5 Å². The van der Waals surface area contributed by atoms with Crippen molar-refractivity contribution in [3.63, 3.8) is 0 Å². The molecule has 6 heteroatoms. The minimum Gasteiger partial charge on any atom is -0.497 e. The van der Waals surface area contributed by atoms with Crippen LogP contribution in [0, 0.1) is 0 Å². The summed E-state index contributed by atoms with van der Waals surface area (Å²) in [5, 5.41) is 1.19. The molecule has 1 aliphatic heterocycles. The lowest BCUT2D eigenvalue weighted by atomic mass is 9.95. The van der Waals surface area contributed by atoms with Gasteiger partial charge in [-0.2, -0.15) is 0 Å². The quantitative estimate of drug-likeness (QED) is 0.426. The zero-order chi connectivity index (χ0) is 23.7. The summed E-state index contributed by atoms with van der Waals surface area (Å²) in [6.45, 7) is 8.20. The van der Waals surface area contributed by atoms with E-state index in [9.17, 15) is 0 Å². The first-order valence-electron chi connectivity index (χ1n) is 12.6. The van der Waals surface area contributed by atoms with Gasteiger partial charge in [0.2, 0.25) is 0 Å². The van der Waals surface area contributed by atoms with Crippen LogP contribution in [0.1, 0.15) is 62.8 Å².